The van der Waals surface area contributed by atoms with E-state index in [1.54, 1.807) is 31.2 Å². The van der Waals surface area contributed by atoms with Gasteiger partial charge in [0.15, 0.2) is 0 Å². The summed E-state index contributed by atoms with van der Waals surface area (Å²) >= 11 is 0. The standard InChI is InChI=1S/C15H17N3O4/c1-15(10-21-2)13(19)18(14(20)17-15)7-8-22-12-5-3-11(9-16)4-6-12/h3-6H,7-8,10H2,1-2H3,(H,17,20)/t15-/m1/s1. The van der Waals surface area contributed by atoms with Gasteiger partial charge in [-0.25, -0.2) is 4.79 Å². The second kappa shape index (κ2) is 6.45. The quantitative estimate of drug-likeness (QED) is 0.788. The Morgan fingerprint density at radius 3 is 2.59 bits per heavy atom. The van der Waals surface area contributed by atoms with Gasteiger partial charge in [-0.1, -0.05) is 0 Å². The first-order valence-corrected chi connectivity index (χ1v) is 6.76. The Morgan fingerprint density at radius 2 is 2.00 bits per heavy atom. The summed E-state index contributed by atoms with van der Waals surface area (Å²) in [5.74, 6) is 0.244. The van der Waals surface area contributed by atoms with E-state index in [4.69, 9.17) is 14.7 Å². The first-order valence-electron chi connectivity index (χ1n) is 6.76. The molecule has 1 saturated heterocycles. The predicted octanol–water partition coefficient (Wildman–Crippen LogP) is 0.894. The van der Waals surface area contributed by atoms with Gasteiger partial charge >= 0.3 is 6.03 Å². The second-order valence-corrected chi connectivity index (χ2v) is 5.14. The molecular formula is C15H17N3O4. The van der Waals surface area contributed by atoms with Crippen LogP contribution in [0.15, 0.2) is 24.3 Å². The first kappa shape index (κ1) is 15.8. The van der Waals surface area contributed by atoms with Crippen molar-refractivity contribution >= 4 is 11.9 Å². The highest BCUT2D eigenvalue weighted by molar-refractivity contribution is 6.06. The van der Waals surface area contributed by atoms with E-state index in [2.05, 4.69) is 5.32 Å². The van der Waals surface area contributed by atoms with Gasteiger partial charge in [0.1, 0.15) is 17.9 Å². The summed E-state index contributed by atoms with van der Waals surface area (Å²) in [5, 5.41) is 11.3. The highest BCUT2D eigenvalue weighted by Crippen LogP contribution is 2.18. The Hall–Kier alpha value is -2.59. The van der Waals surface area contributed by atoms with Crippen molar-refractivity contribution in [1.82, 2.24) is 10.2 Å². The maximum Gasteiger partial charge on any atom is 0.325 e. The molecule has 0 radical (unpaired) electrons. The maximum atomic E-state index is 12.2. The lowest BCUT2D eigenvalue weighted by Gasteiger charge is -2.20. The molecule has 1 aliphatic rings. The fraction of sp³-hybridized carbons (Fsp3) is 0.400. The molecule has 22 heavy (non-hydrogen) atoms. The van der Waals surface area contributed by atoms with Crippen molar-refractivity contribution in [2.24, 2.45) is 0 Å². The monoisotopic (exact) mass is 303 g/mol. The summed E-state index contributed by atoms with van der Waals surface area (Å²) in [7, 11) is 1.47. The number of rotatable bonds is 6. The first-order chi connectivity index (χ1) is 10.5. The smallest absolute Gasteiger partial charge is 0.325 e. The molecule has 0 spiro atoms. The van der Waals surface area contributed by atoms with Crippen molar-refractivity contribution < 1.29 is 19.1 Å². The van der Waals surface area contributed by atoms with Gasteiger partial charge in [0.2, 0.25) is 0 Å². The number of nitrogens with zero attached hydrogens (tertiary/aromatic N) is 2. The number of urea groups is 1. The van der Waals surface area contributed by atoms with Gasteiger partial charge in [-0.3, -0.25) is 9.69 Å². The van der Waals surface area contributed by atoms with Crippen LogP contribution in [0.2, 0.25) is 0 Å². The fourth-order valence-corrected chi connectivity index (χ4v) is 2.22. The van der Waals surface area contributed by atoms with E-state index in [1.807, 2.05) is 6.07 Å². The third-order valence-electron chi connectivity index (χ3n) is 3.35. The number of hydrogen-bond donors (Lipinski definition) is 1. The van der Waals surface area contributed by atoms with Gasteiger partial charge in [0.05, 0.1) is 24.8 Å². The number of amides is 3. The molecule has 3 amide bonds. The molecule has 0 saturated carbocycles. The minimum absolute atomic E-state index is 0.116. The topological polar surface area (TPSA) is 91.7 Å². The van der Waals surface area contributed by atoms with E-state index in [-0.39, 0.29) is 25.7 Å². The van der Waals surface area contributed by atoms with Crippen LogP contribution in [0.5, 0.6) is 5.75 Å². The summed E-state index contributed by atoms with van der Waals surface area (Å²) in [6.07, 6.45) is 0. The van der Waals surface area contributed by atoms with Crippen LogP contribution in [0.4, 0.5) is 4.79 Å². The summed E-state index contributed by atoms with van der Waals surface area (Å²) in [6.45, 7) is 2.06. The molecule has 0 unspecified atom stereocenters. The number of benzene rings is 1. The van der Waals surface area contributed by atoms with Gasteiger partial charge in [0, 0.05) is 7.11 Å². The van der Waals surface area contributed by atoms with Crippen LogP contribution in [0, 0.1) is 11.3 Å². The van der Waals surface area contributed by atoms with Crippen molar-refractivity contribution in [1.29, 1.82) is 5.26 Å². The van der Waals surface area contributed by atoms with E-state index in [1.165, 1.54) is 7.11 Å². The largest absolute Gasteiger partial charge is 0.492 e. The van der Waals surface area contributed by atoms with E-state index in [0.717, 1.165) is 4.90 Å². The molecule has 2 rings (SSSR count). The molecule has 1 heterocycles. The number of methoxy groups -OCH3 is 1. The van der Waals surface area contributed by atoms with Crippen LogP contribution in [-0.4, -0.2) is 49.2 Å². The highest BCUT2D eigenvalue weighted by Gasteiger charge is 2.47. The van der Waals surface area contributed by atoms with Gasteiger partial charge in [0.25, 0.3) is 5.91 Å². The van der Waals surface area contributed by atoms with E-state index in [9.17, 15) is 9.59 Å². The molecule has 1 aromatic rings. The van der Waals surface area contributed by atoms with Crippen LogP contribution in [-0.2, 0) is 9.53 Å². The molecule has 7 heteroatoms. The third kappa shape index (κ3) is 3.18. The number of hydrogen-bond acceptors (Lipinski definition) is 5. The molecule has 1 atom stereocenters. The van der Waals surface area contributed by atoms with Gasteiger partial charge < -0.3 is 14.8 Å². The van der Waals surface area contributed by atoms with Crippen LogP contribution < -0.4 is 10.1 Å². The lowest BCUT2D eigenvalue weighted by Crippen LogP contribution is -2.48. The Morgan fingerprint density at radius 1 is 1.32 bits per heavy atom. The van der Waals surface area contributed by atoms with E-state index >= 15 is 0 Å². The number of imide groups is 1. The summed E-state index contributed by atoms with van der Waals surface area (Å²) in [6, 6.07) is 8.17. The van der Waals surface area contributed by atoms with Crippen molar-refractivity contribution in [3.05, 3.63) is 29.8 Å². The zero-order chi connectivity index (χ0) is 16.2. The lowest BCUT2D eigenvalue weighted by atomic mass is 10.0. The highest BCUT2D eigenvalue weighted by atomic mass is 16.5. The van der Waals surface area contributed by atoms with Crippen molar-refractivity contribution in [3.8, 4) is 11.8 Å². The molecular weight excluding hydrogens is 286 g/mol. The molecule has 1 aromatic carbocycles. The minimum atomic E-state index is -1.03. The van der Waals surface area contributed by atoms with E-state index < -0.39 is 11.6 Å². The Labute approximate surface area is 128 Å². The molecule has 0 bridgehead atoms. The van der Waals surface area contributed by atoms with Crippen molar-refractivity contribution in [2.75, 3.05) is 26.9 Å². The van der Waals surface area contributed by atoms with Gasteiger partial charge in [-0.2, -0.15) is 5.26 Å². The maximum absolute atomic E-state index is 12.2. The Bertz CT molecular complexity index is 608. The number of carbonyl (C=O) groups is 2. The van der Waals surface area contributed by atoms with Crippen LogP contribution in [0.1, 0.15) is 12.5 Å². The molecule has 116 valence electrons. The zero-order valence-electron chi connectivity index (χ0n) is 12.5. The molecule has 7 nitrogen and oxygen atoms in total. The van der Waals surface area contributed by atoms with Crippen LogP contribution in [0.25, 0.3) is 0 Å². The van der Waals surface area contributed by atoms with Crippen molar-refractivity contribution in [2.45, 2.75) is 12.5 Å². The SMILES string of the molecule is COC[C@@]1(C)NC(=O)N(CCOc2ccc(C#N)cc2)C1=O. The molecule has 1 aliphatic heterocycles. The molecule has 0 aromatic heterocycles. The van der Waals surface area contributed by atoms with Gasteiger partial charge in [-0.15, -0.1) is 0 Å². The number of carbonyl (C=O) groups excluding carboxylic acids is 2. The Kier molecular flexibility index (Phi) is 4.63. The van der Waals surface area contributed by atoms with Crippen molar-refractivity contribution in [3.63, 3.8) is 0 Å². The number of ether oxygens (including phenoxy) is 2. The number of nitrogens with one attached hydrogen (secondary N) is 1. The molecule has 1 N–H and O–H groups in total. The van der Waals surface area contributed by atoms with Crippen LogP contribution >= 0.6 is 0 Å². The van der Waals surface area contributed by atoms with E-state index in [0.29, 0.717) is 11.3 Å². The van der Waals surface area contributed by atoms with Crippen LogP contribution in [0.3, 0.4) is 0 Å². The molecule has 0 aliphatic carbocycles. The van der Waals surface area contributed by atoms with Gasteiger partial charge in [-0.05, 0) is 31.2 Å². The predicted molar refractivity (Wildman–Crippen MR) is 77.2 cm³/mol. The summed E-state index contributed by atoms with van der Waals surface area (Å²) < 4.78 is 10.4. The fourth-order valence-electron chi connectivity index (χ4n) is 2.22. The second-order valence-electron chi connectivity index (χ2n) is 5.14. The third-order valence-corrected chi connectivity index (χ3v) is 3.35. The summed E-state index contributed by atoms with van der Waals surface area (Å²) in [4.78, 5) is 25.2. The zero-order valence-corrected chi connectivity index (χ0v) is 12.5. The Balaban J connectivity index is 1.90. The summed E-state index contributed by atoms with van der Waals surface area (Å²) in [5.41, 5.74) is -0.489. The average Bonchev–Trinajstić information content (AvgIpc) is 2.71. The lowest BCUT2D eigenvalue weighted by molar-refractivity contribution is -0.132. The minimum Gasteiger partial charge on any atom is -0.492 e. The average molecular weight is 303 g/mol. The number of nitriles is 1. The normalized spacial score (nSPS) is 20.7. The molecule has 1 fully saturated rings.